The van der Waals surface area contributed by atoms with Crippen LogP contribution in [0.3, 0.4) is 0 Å². The summed E-state index contributed by atoms with van der Waals surface area (Å²) in [5.41, 5.74) is 11.4. The molecule has 1 heteroatoms. The standard InChI is InChI=1S/C28H18O/c1-17-21-7-3-4-9-24(21)25-14-12-19(15-26(17)25)20-11-13-23-18(2)22-8-5-6-10-27(22)29-28(23)16-20/h3-16H,1-2H2. The molecule has 136 valence electrons. The van der Waals surface area contributed by atoms with E-state index in [0.29, 0.717) is 0 Å². The second-order valence-corrected chi connectivity index (χ2v) is 7.57. The Labute approximate surface area is 170 Å². The van der Waals surface area contributed by atoms with Gasteiger partial charge >= 0.3 is 0 Å². The molecule has 4 aromatic carbocycles. The Bertz CT molecular complexity index is 1360. The number of hydrogen-bond donors (Lipinski definition) is 0. The predicted molar refractivity (Wildman–Crippen MR) is 120 cm³/mol. The number of benzene rings is 4. The van der Waals surface area contributed by atoms with Crippen LogP contribution in [0.4, 0.5) is 0 Å². The van der Waals surface area contributed by atoms with E-state index in [9.17, 15) is 0 Å². The Hall–Kier alpha value is -3.84. The van der Waals surface area contributed by atoms with Crippen LogP contribution in [0.1, 0.15) is 22.3 Å². The van der Waals surface area contributed by atoms with Crippen molar-refractivity contribution in [1.29, 1.82) is 0 Å². The quantitative estimate of drug-likeness (QED) is 0.290. The van der Waals surface area contributed by atoms with Crippen LogP contribution in [0.2, 0.25) is 0 Å². The van der Waals surface area contributed by atoms with Gasteiger partial charge in [0.15, 0.2) is 0 Å². The van der Waals surface area contributed by atoms with Crippen molar-refractivity contribution in [3.63, 3.8) is 0 Å². The summed E-state index contributed by atoms with van der Waals surface area (Å²) in [6.07, 6.45) is 0. The maximum absolute atomic E-state index is 6.20. The van der Waals surface area contributed by atoms with Gasteiger partial charge in [-0.05, 0) is 62.7 Å². The molecule has 1 aliphatic heterocycles. The van der Waals surface area contributed by atoms with Gasteiger partial charge in [0.2, 0.25) is 0 Å². The van der Waals surface area contributed by atoms with Gasteiger partial charge in [0, 0.05) is 11.1 Å². The minimum absolute atomic E-state index is 0.855. The monoisotopic (exact) mass is 370 g/mol. The molecule has 1 nitrogen and oxygen atoms in total. The zero-order valence-electron chi connectivity index (χ0n) is 15.9. The summed E-state index contributed by atoms with van der Waals surface area (Å²) in [5.74, 6) is 1.72. The van der Waals surface area contributed by atoms with Crippen molar-refractivity contribution in [2.24, 2.45) is 0 Å². The summed E-state index contributed by atoms with van der Waals surface area (Å²) in [6, 6.07) is 29.5. The van der Waals surface area contributed by atoms with Crippen LogP contribution in [0.25, 0.3) is 33.4 Å². The molecule has 2 aliphatic rings. The molecule has 0 atom stereocenters. The summed E-state index contributed by atoms with van der Waals surface area (Å²) in [7, 11) is 0. The fraction of sp³-hybridized carbons (Fsp3) is 0. The first kappa shape index (κ1) is 16.1. The molecule has 0 saturated carbocycles. The molecule has 0 unspecified atom stereocenters. The van der Waals surface area contributed by atoms with Gasteiger partial charge in [-0.1, -0.05) is 79.9 Å². The van der Waals surface area contributed by atoms with Crippen LogP contribution in [0.15, 0.2) is 98.1 Å². The van der Waals surface area contributed by atoms with E-state index in [1.165, 1.54) is 22.3 Å². The van der Waals surface area contributed by atoms with Gasteiger partial charge in [0.05, 0.1) is 0 Å². The zero-order valence-corrected chi connectivity index (χ0v) is 15.9. The molecule has 1 aliphatic carbocycles. The fourth-order valence-electron chi connectivity index (χ4n) is 4.44. The van der Waals surface area contributed by atoms with Crippen LogP contribution >= 0.6 is 0 Å². The van der Waals surface area contributed by atoms with Crippen molar-refractivity contribution in [3.05, 3.63) is 120 Å². The third-order valence-electron chi connectivity index (χ3n) is 5.96. The van der Waals surface area contributed by atoms with Crippen LogP contribution < -0.4 is 4.74 Å². The Morgan fingerprint density at radius 1 is 0.448 bits per heavy atom. The molecule has 0 saturated heterocycles. The first-order chi connectivity index (χ1) is 14.2. The average molecular weight is 370 g/mol. The molecule has 0 amide bonds. The normalized spacial score (nSPS) is 13.2. The molecule has 29 heavy (non-hydrogen) atoms. The minimum Gasteiger partial charge on any atom is -0.456 e. The maximum atomic E-state index is 6.20. The van der Waals surface area contributed by atoms with E-state index in [0.717, 1.165) is 44.9 Å². The lowest BCUT2D eigenvalue weighted by Gasteiger charge is -2.22. The Kier molecular flexibility index (Phi) is 3.24. The highest BCUT2D eigenvalue weighted by Crippen LogP contribution is 2.46. The lowest BCUT2D eigenvalue weighted by molar-refractivity contribution is 0.474. The van der Waals surface area contributed by atoms with E-state index < -0.39 is 0 Å². The van der Waals surface area contributed by atoms with Crippen LogP contribution in [0.5, 0.6) is 11.5 Å². The van der Waals surface area contributed by atoms with E-state index in [4.69, 9.17) is 4.74 Å². The molecule has 1 heterocycles. The second-order valence-electron chi connectivity index (χ2n) is 7.57. The first-order valence-electron chi connectivity index (χ1n) is 9.75. The van der Waals surface area contributed by atoms with Gasteiger partial charge in [0.1, 0.15) is 11.5 Å². The topological polar surface area (TPSA) is 9.23 Å². The Morgan fingerprint density at radius 2 is 1.00 bits per heavy atom. The van der Waals surface area contributed by atoms with E-state index in [1.54, 1.807) is 0 Å². The number of fused-ring (bicyclic) bond motifs is 5. The van der Waals surface area contributed by atoms with E-state index >= 15 is 0 Å². The average Bonchev–Trinajstić information content (AvgIpc) is 3.05. The highest BCUT2D eigenvalue weighted by Gasteiger charge is 2.23. The summed E-state index contributed by atoms with van der Waals surface area (Å²) >= 11 is 0. The molecule has 6 rings (SSSR count). The largest absolute Gasteiger partial charge is 0.456 e. The molecule has 0 N–H and O–H groups in total. The summed E-state index contributed by atoms with van der Waals surface area (Å²) in [6.45, 7) is 8.63. The van der Waals surface area contributed by atoms with Gasteiger partial charge in [0.25, 0.3) is 0 Å². The highest BCUT2D eigenvalue weighted by atomic mass is 16.5. The predicted octanol–water partition coefficient (Wildman–Crippen LogP) is 7.56. The molecule has 0 fully saturated rings. The van der Waals surface area contributed by atoms with Crippen molar-refractivity contribution in [2.45, 2.75) is 0 Å². The molecule has 0 bridgehead atoms. The zero-order chi connectivity index (χ0) is 19.5. The van der Waals surface area contributed by atoms with E-state index in [-0.39, 0.29) is 0 Å². The van der Waals surface area contributed by atoms with Crippen molar-refractivity contribution < 1.29 is 4.74 Å². The van der Waals surface area contributed by atoms with Crippen molar-refractivity contribution >= 4 is 11.1 Å². The number of hydrogen-bond acceptors (Lipinski definition) is 1. The third kappa shape index (κ3) is 2.28. The van der Waals surface area contributed by atoms with Crippen molar-refractivity contribution in [1.82, 2.24) is 0 Å². The van der Waals surface area contributed by atoms with Gasteiger partial charge in [-0.15, -0.1) is 0 Å². The van der Waals surface area contributed by atoms with Crippen molar-refractivity contribution in [3.8, 4) is 33.8 Å². The van der Waals surface area contributed by atoms with Gasteiger partial charge < -0.3 is 4.74 Å². The van der Waals surface area contributed by atoms with Crippen LogP contribution in [-0.2, 0) is 0 Å². The molecular weight excluding hydrogens is 352 g/mol. The Balaban J connectivity index is 1.44. The van der Waals surface area contributed by atoms with Gasteiger partial charge in [-0.3, -0.25) is 0 Å². The minimum atomic E-state index is 0.855. The second kappa shape index (κ2) is 5.83. The van der Waals surface area contributed by atoms with Crippen molar-refractivity contribution in [2.75, 3.05) is 0 Å². The molecule has 4 aromatic rings. The first-order valence-corrected chi connectivity index (χ1v) is 9.75. The maximum Gasteiger partial charge on any atom is 0.135 e. The van der Waals surface area contributed by atoms with Gasteiger partial charge in [-0.25, -0.2) is 0 Å². The molecular formula is C28H18O. The molecule has 0 radical (unpaired) electrons. The summed E-state index contributed by atoms with van der Waals surface area (Å²) in [5, 5.41) is 0. The SMILES string of the molecule is C=C1c2ccccc2Oc2cc(-c3ccc4c(c3)C(=C)c3ccccc3-4)ccc21. The van der Waals surface area contributed by atoms with Crippen LogP contribution in [-0.4, -0.2) is 0 Å². The lowest BCUT2D eigenvalue weighted by atomic mass is 9.92. The number of rotatable bonds is 1. The third-order valence-corrected chi connectivity index (χ3v) is 5.96. The summed E-state index contributed by atoms with van der Waals surface area (Å²) < 4.78 is 6.20. The van der Waals surface area contributed by atoms with E-state index in [1.807, 2.05) is 18.2 Å². The van der Waals surface area contributed by atoms with Gasteiger partial charge in [-0.2, -0.15) is 0 Å². The summed E-state index contributed by atoms with van der Waals surface area (Å²) in [4.78, 5) is 0. The Morgan fingerprint density at radius 3 is 1.83 bits per heavy atom. The number of para-hydroxylation sites is 1. The smallest absolute Gasteiger partial charge is 0.135 e. The highest BCUT2D eigenvalue weighted by molar-refractivity contribution is 6.01. The number of ether oxygens (including phenoxy) is 1. The fourth-order valence-corrected chi connectivity index (χ4v) is 4.44. The molecule has 0 aromatic heterocycles. The van der Waals surface area contributed by atoms with E-state index in [2.05, 4.69) is 79.9 Å². The van der Waals surface area contributed by atoms with Crippen LogP contribution in [0, 0.1) is 0 Å². The molecule has 0 spiro atoms. The lowest BCUT2D eigenvalue weighted by Crippen LogP contribution is -2.01.